The minimum atomic E-state index is 0.783. The monoisotopic (exact) mass is 266 g/mol. The van der Waals surface area contributed by atoms with E-state index in [-0.39, 0.29) is 0 Å². The van der Waals surface area contributed by atoms with Crippen LogP contribution in [-0.2, 0) is 0 Å². The van der Waals surface area contributed by atoms with Gasteiger partial charge in [-0.15, -0.1) is 0 Å². The van der Waals surface area contributed by atoms with E-state index in [1.807, 2.05) is 0 Å². The first-order valence-corrected chi connectivity index (χ1v) is 8.68. The van der Waals surface area contributed by atoms with Gasteiger partial charge in [0.2, 0.25) is 0 Å². The molecule has 19 heavy (non-hydrogen) atoms. The fraction of sp³-hybridized carbons (Fsp3) is 1.00. The summed E-state index contributed by atoms with van der Waals surface area (Å²) < 4.78 is 0. The van der Waals surface area contributed by atoms with Crippen molar-refractivity contribution in [2.24, 2.45) is 11.8 Å². The van der Waals surface area contributed by atoms with Crippen LogP contribution in [0, 0.1) is 11.8 Å². The van der Waals surface area contributed by atoms with Crippen molar-refractivity contribution in [3.05, 3.63) is 0 Å². The molecule has 0 aromatic heterocycles. The van der Waals surface area contributed by atoms with Crippen molar-refractivity contribution >= 4 is 0 Å². The van der Waals surface area contributed by atoms with Crippen molar-refractivity contribution in [3.8, 4) is 0 Å². The Balaban J connectivity index is 1.89. The first-order valence-electron chi connectivity index (χ1n) is 8.68. The Morgan fingerprint density at radius 3 is 2.58 bits per heavy atom. The molecule has 1 aliphatic carbocycles. The molecule has 0 bridgehead atoms. The lowest BCUT2D eigenvalue weighted by atomic mass is 9.93. The maximum absolute atomic E-state index is 3.83. The standard InChI is InChI=1S/C17H34N2/c1-4-10-18-17-9-7-5-6-8-16(17)13-19-12-14(2)11-15(19)3/h14-18H,4-13H2,1-3H3. The van der Waals surface area contributed by atoms with E-state index in [1.165, 1.54) is 64.6 Å². The van der Waals surface area contributed by atoms with Gasteiger partial charge < -0.3 is 10.2 Å². The highest BCUT2D eigenvalue weighted by atomic mass is 15.2. The number of nitrogens with one attached hydrogen (secondary N) is 1. The number of hydrogen-bond donors (Lipinski definition) is 1. The summed E-state index contributed by atoms with van der Waals surface area (Å²) in [5.41, 5.74) is 0. The van der Waals surface area contributed by atoms with Crippen molar-refractivity contribution in [1.82, 2.24) is 10.2 Å². The second kappa shape index (κ2) is 7.64. The van der Waals surface area contributed by atoms with Crippen LogP contribution in [0.4, 0.5) is 0 Å². The Hall–Kier alpha value is -0.0800. The summed E-state index contributed by atoms with van der Waals surface area (Å²) in [5, 5.41) is 3.83. The topological polar surface area (TPSA) is 15.3 Å². The van der Waals surface area contributed by atoms with E-state index in [2.05, 4.69) is 31.0 Å². The minimum absolute atomic E-state index is 0.783. The van der Waals surface area contributed by atoms with Crippen molar-refractivity contribution in [2.75, 3.05) is 19.6 Å². The van der Waals surface area contributed by atoms with Crippen molar-refractivity contribution in [1.29, 1.82) is 0 Å². The van der Waals surface area contributed by atoms with Crippen LogP contribution in [0.1, 0.15) is 65.7 Å². The zero-order valence-electron chi connectivity index (χ0n) is 13.3. The zero-order valence-corrected chi connectivity index (χ0v) is 13.3. The Kier molecular flexibility index (Phi) is 6.15. The van der Waals surface area contributed by atoms with Crippen molar-refractivity contribution in [2.45, 2.75) is 77.8 Å². The van der Waals surface area contributed by atoms with Gasteiger partial charge in [-0.2, -0.15) is 0 Å². The molecule has 0 amide bonds. The molecule has 0 spiro atoms. The highest BCUT2D eigenvalue weighted by Gasteiger charge is 2.31. The average molecular weight is 266 g/mol. The molecule has 0 aromatic carbocycles. The van der Waals surface area contributed by atoms with Crippen LogP contribution in [0.15, 0.2) is 0 Å². The number of rotatable bonds is 5. The smallest absolute Gasteiger partial charge is 0.0107 e. The summed E-state index contributed by atoms with van der Waals surface area (Å²) in [6.45, 7) is 11.0. The molecular weight excluding hydrogens is 232 g/mol. The van der Waals surface area contributed by atoms with Crippen LogP contribution < -0.4 is 5.32 Å². The highest BCUT2D eigenvalue weighted by Crippen LogP contribution is 2.29. The van der Waals surface area contributed by atoms with E-state index in [1.54, 1.807) is 0 Å². The van der Waals surface area contributed by atoms with Gasteiger partial charge in [-0.3, -0.25) is 0 Å². The number of likely N-dealkylation sites (tertiary alicyclic amines) is 1. The molecular formula is C17H34N2. The molecule has 112 valence electrons. The van der Waals surface area contributed by atoms with Gasteiger partial charge in [0, 0.05) is 25.2 Å². The van der Waals surface area contributed by atoms with Crippen LogP contribution >= 0.6 is 0 Å². The van der Waals surface area contributed by atoms with Gasteiger partial charge in [0.1, 0.15) is 0 Å². The molecule has 4 atom stereocenters. The van der Waals surface area contributed by atoms with Crippen LogP contribution in [0.3, 0.4) is 0 Å². The summed E-state index contributed by atoms with van der Waals surface area (Å²) >= 11 is 0. The number of nitrogens with zero attached hydrogens (tertiary/aromatic N) is 1. The second-order valence-electron chi connectivity index (χ2n) is 7.10. The average Bonchev–Trinajstić information content (AvgIpc) is 2.59. The quantitative estimate of drug-likeness (QED) is 0.764. The molecule has 1 saturated heterocycles. The molecule has 0 aromatic rings. The molecule has 1 aliphatic heterocycles. The molecule has 2 heteroatoms. The minimum Gasteiger partial charge on any atom is -0.314 e. The Morgan fingerprint density at radius 2 is 1.89 bits per heavy atom. The summed E-state index contributed by atoms with van der Waals surface area (Å²) in [4.78, 5) is 2.77. The van der Waals surface area contributed by atoms with E-state index in [0.29, 0.717) is 0 Å². The lowest BCUT2D eigenvalue weighted by molar-refractivity contribution is 0.187. The lowest BCUT2D eigenvalue weighted by Gasteiger charge is -2.32. The Labute approximate surface area is 120 Å². The predicted molar refractivity (Wildman–Crippen MR) is 83.5 cm³/mol. The van der Waals surface area contributed by atoms with Crippen molar-refractivity contribution in [3.63, 3.8) is 0 Å². The first kappa shape index (κ1) is 15.3. The third-order valence-corrected chi connectivity index (χ3v) is 5.20. The van der Waals surface area contributed by atoms with Crippen LogP contribution in [-0.4, -0.2) is 36.6 Å². The first-order chi connectivity index (χ1) is 9.20. The maximum Gasteiger partial charge on any atom is 0.0107 e. The molecule has 2 aliphatic rings. The van der Waals surface area contributed by atoms with Crippen LogP contribution in [0.5, 0.6) is 0 Å². The summed E-state index contributed by atoms with van der Waals surface area (Å²) in [7, 11) is 0. The summed E-state index contributed by atoms with van der Waals surface area (Å²) in [6.07, 6.45) is 9.85. The molecule has 0 radical (unpaired) electrons. The van der Waals surface area contributed by atoms with Crippen LogP contribution in [0.25, 0.3) is 0 Å². The molecule has 1 saturated carbocycles. The highest BCUT2D eigenvalue weighted by molar-refractivity contribution is 4.87. The fourth-order valence-corrected chi connectivity index (χ4v) is 4.14. The fourth-order valence-electron chi connectivity index (χ4n) is 4.14. The van der Waals surface area contributed by atoms with Gasteiger partial charge in [-0.05, 0) is 51.0 Å². The molecule has 2 nitrogen and oxygen atoms in total. The third-order valence-electron chi connectivity index (χ3n) is 5.20. The number of hydrogen-bond acceptors (Lipinski definition) is 2. The van der Waals surface area contributed by atoms with Gasteiger partial charge in [0.25, 0.3) is 0 Å². The predicted octanol–water partition coefficient (Wildman–Crippen LogP) is 3.67. The van der Waals surface area contributed by atoms with E-state index in [0.717, 1.165) is 23.9 Å². The van der Waals surface area contributed by atoms with Gasteiger partial charge in [-0.1, -0.05) is 33.1 Å². The van der Waals surface area contributed by atoms with Gasteiger partial charge >= 0.3 is 0 Å². The largest absolute Gasteiger partial charge is 0.314 e. The summed E-state index contributed by atoms with van der Waals surface area (Å²) in [6, 6.07) is 1.59. The Bertz CT molecular complexity index is 254. The maximum atomic E-state index is 3.83. The lowest BCUT2D eigenvalue weighted by Crippen LogP contribution is -2.43. The second-order valence-corrected chi connectivity index (χ2v) is 7.10. The van der Waals surface area contributed by atoms with E-state index >= 15 is 0 Å². The molecule has 2 fully saturated rings. The van der Waals surface area contributed by atoms with E-state index in [4.69, 9.17) is 0 Å². The van der Waals surface area contributed by atoms with E-state index < -0.39 is 0 Å². The van der Waals surface area contributed by atoms with Crippen molar-refractivity contribution < 1.29 is 0 Å². The molecule has 1 heterocycles. The third kappa shape index (κ3) is 4.46. The van der Waals surface area contributed by atoms with E-state index in [9.17, 15) is 0 Å². The van der Waals surface area contributed by atoms with Gasteiger partial charge in [0.15, 0.2) is 0 Å². The summed E-state index contributed by atoms with van der Waals surface area (Å²) in [5.74, 6) is 1.80. The SMILES string of the molecule is CCCNC1CCCCCC1CN1CC(C)CC1C. The normalized spacial score (nSPS) is 37.4. The molecule has 2 rings (SSSR count). The zero-order chi connectivity index (χ0) is 13.7. The van der Waals surface area contributed by atoms with Crippen LogP contribution in [0.2, 0.25) is 0 Å². The van der Waals surface area contributed by atoms with Gasteiger partial charge in [-0.25, -0.2) is 0 Å². The molecule has 1 N–H and O–H groups in total. The Morgan fingerprint density at radius 1 is 1.11 bits per heavy atom. The molecule has 4 unspecified atom stereocenters. The van der Waals surface area contributed by atoms with Gasteiger partial charge in [0.05, 0.1) is 0 Å².